The van der Waals surface area contributed by atoms with Crippen molar-refractivity contribution in [1.82, 2.24) is 0 Å². The van der Waals surface area contributed by atoms with E-state index < -0.39 is 26.9 Å². The number of carbonyl (C=O) groups is 1. The molecule has 1 aromatic carbocycles. The summed E-state index contributed by atoms with van der Waals surface area (Å²) >= 11 is 0. The summed E-state index contributed by atoms with van der Waals surface area (Å²) in [5, 5.41) is -0.728. The third-order valence-electron chi connectivity index (χ3n) is 5.04. The largest absolute Gasteiger partial charge is 0.367 e. The molecule has 2 N–H and O–H groups in total. The third-order valence-corrected chi connectivity index (χ3v) is 6.73. The fourth-order valence-electron chi connectivity index (χ4n) is 3.37. The average molecular weight is 368 g/mol. The summed E-state index contributed by atoms with van der Waals surface area (Å²) in [5.74, 6) is -1.06. The Morgan fingerprint density at radius 3 is 2.24 bits per heavy atom. The Balaban J connectivity index is 2.43. The molecule has 0 radical (unpaired) electrons. The normalized spacial score (nSPS) is 24.6. The smallest absolute Gasteiger partial charge is 0.270 e. The molecule has 0 spiro atoms. The summed E-state index contributed by atoms with van der Waals surface area (Å²) in [5.41, 5.74) is 6.23. The van der Waals surface area contributed by atoms with Crippen LogP contribution in [0.3, 0.4) is 0 Å². The summed E-state index contributed by atoms with van der Waals surface area (Å²) in [6.07, 6.45) is 1.69. The summed E-state index contributed by atoms with van der Waals surface area (Å²) in [7, 11) is -3.86. The van der Waals surface area contributed by atoms with Crippen LogP contribution < -0.4 is 5.73 Å². The second-order valence-electron chi connectivity index (χ2n) is 8.20. The Morgan fingerprint density at radius 1 is 1.24 bits per heavy atom. The summed E-state index contributed by atoms with van der Waals surface area (Å²) < 4.78 is 30.1. The molecule has 2 atom stereocenters. The van der Waals surface area contributed by atoms with Crippen LogP contribution in [-0.2, 0) is 24.5 Å². The molecule has 2 rings (SSSR count). The molecule has 1 aliphatic rings. The predicted molar refractivity (Wildman–Crippen MR) is 98.8 cm³/mol. The van der Waals surface area contributed by atoms with Crippen molar-refractivity contribution in [3.8, 4) is 0 Å². The zero-order chi connectivity index (χ0) is 19.0. The summed E-state index contributed by atoms with van der Waals surface area (Å²) in [6.45, 7) is 9.45. The molecule has 140 valence electrons. The molecule has 6 heteroatoms. The molecule has 1 saturated carbocycles. The highest BCUT2D eigenvalue weighted by Gasteiger charge is 2.53. The number of benzene rings is 1. The van der Waals surface area contributed by atoms with Crippen molar-refractivity contribution < 1.29 is 17.4 Å². The zero-order valence-corrected chi connectivity index (χ0v) is 16.5. The van der Waals surface area contributed by atoms with Crippen molar-refractivity contribution in [3.63, 3.8) is 0 Å². The van der Waals surface area contributed by atoms with E-state index in [0.717, 1.165) is 5.56 Å². The van der Waals surface area contributed by atoms with E-state index in [9.17, 15) is 13.2 Å². The second-order valence-corrected chi connectivity index (χ2v) is 10.3. The van der Waals surface area contributed by atoms with E-state index in [4.69, 9.17) is 9.92 Å². The van der Waals surface area contributed by atoms with Crippen molar-refractivity contribution >= 4 is 16.0 Å². The van der Waals surface area contributed by atoms with Crippen molar-refractivity contribution in [1.29, 1.82) is 0 Å². The second kappa shape index (κ2) is 6.72. The lowest BCUT2D eigenvalue weighted by Crippen LogP contribution is -2.50. The number of amides is 1. The molecule has 1 aliphatic carbocycles. The van der Waals surface area contributed by atoms with Crippen LogP contribution >= 0.6 is 0 Å². The van der Waals surface area contributed by atoms with E-state index >= 15 is 0 Å². The van der Waals surface area contributed by atoms with Gasteiger partial charge in [-0.3, -0.25) is 8.98 Å². The van der Waals surface area contributed by atoms with Gasteiger partial charge in [-0.1, -0.05) is 45.0 Å². The van der Waals surface area contributed by atoms with Crippen LogP contribution in [0.4, 0.5) is 0 Å². The number of nitrogens with two attached hydrogens (primary N) is 1. The molecule has 25 heavy (non-hydrogen) atoms. The molecule has 0 aliphatic heterocycles. The van der Waals surface area contributed by atoms with E-state index in [1.165, 1.54) is 19.4 Å². The maximum absolute atomic E-state index is 12.3. The number of rotatable bonds is 5. The Hall–Kier alpha value is -1.40. The van der Waals surface area contributed by atoms with Gasteiger partial charge in [0.25, 0.3) is 16.0 Å². The third kappa shape index (κ3) is 3.90. The molecular formula is C19H29NO4S. The highest BCUT2D eigenvalue weighted by molar-refractivity contribution is 7.87. The molecular weight excluding hydrogens is 338 g/mol. The molecule has 1 aromatic rings. The van der Waals surface area contributed by atoms with Gasteiger partial charge in [0.05, 0.1) is 5.25 Å². The van der Waals surface area contributed by atoms with Crippen LogP contribution in [-0.4, -0.2) is 25.2 Å². The highest BCUT2D eigenvalue weighted by Crippen LogP contribution is 2.46. The standard InChI is InChI=1S/C19H29NO4S/c1-13(2)25(22,23)24-19(17(20)21)12-6-7-16(19)14-8-10-15(11-9-14)18(3,4)5/h8-11,13,16H,6-7,12H2,1-5H3,(H2,20,21). The Morgan fingerprint density at radius 2 is 1.80 bits per heavy atom. The van der Waals surface area contributed by atoms with Crippen LogP contribution in [0.25, 0.3) is 0 Å². The number of hydrogen-bond acceptors (Lipinski definition) is 4. The van der Waals surface area contributed by atoms with Gasteiger partial charge in [0.2, 0.25) is 0 Å². The van der Waals surface area contributed by atoms with Gasteiger partial charge < -0.3 is 5.73 Å². The first-order valence-corrected chi connectivity index (χ1v) is 10.2. The predicted octanol–water partition coefficient (Wildman–Crippen LogP) is 3.23. The molecule has 0 aromatic heterocycles. The van der Waals surface area contributed by atoms with Crippen molar-refractivity contribution in [2.24, 2.45) is 5.73 Å². The number of carbonyl (C=O) groups excluding carboxylic acids is 1. The van der Waals surface area contributed by atoms with Crippen LogP contribution in [0.15, 0.2) is 24.3 Å². The molecule has 1 fully saturated rings. The summed E-state index contributed by atoms with van der Waals surface area (Å²) in [6, 6.07) is 7.96. The van der Waals surface area contributed by atoms with Gasteiger partial charge in [-0.25, -0.2) is 0 Å². The molecule has 1 amide bonds. The van der Waals surface area contributed by atoms with Gasteiger partial charge in [-0.2, -0.15) is 8.42 Å². The SMILES string of the molecule is CC(C)S(=O)(=O)OC1(C(N)=O)CCCC1c1ccc(C(C)(C)C)cc1. The minimum absolute atomic E-state index is 0.0203. The molecule has 0 bridgehead atoms. The van der Waals surface area contributed by atoms with E-state index in [2.05, 4.69) is 20.8 Å². The lowest BCUT2D eigenvalue weighted by atomic mass is 9.81. The van der Waals surface area contributed by atoms with Crippen molar-refractivity contribution in [3.05, 3.63) is 35.4 Å². The lowest BCUT2D eigenvalue weighted by Gasteiger charge is -2.33. The van der Waals surface area contributed by atoms with E-state index in [1.54, 1.807) is 0 Å². The van der Waals surface area contributed by atoms with Gasteiger partial charge in [0.1, 0.15) is 0 Å². The average Bonchev–Trinajstić information content (AvgIpc) is 2.90. The maximum Gasteiger partial charge on any atom is 0.270 e. The zero-order valence-electron chi connectivity index (χ0n) is 15.7. The van der Waals surface area contributed by atoms with Gasteiger partial charge in [-0.15, -0.1) is 0 Å². The quantitative estimate of drug-likeness (QED) is 0.810. The van der Waals surface area contributed by atoms with Crippen molar-refractivity contribution in [2.75, 3.05) is 0 Å². The van der Waals surface area contributed by atoms with Gasteiger partial charge in [0.15, 0.2) is 5.60 Å². The lowest BCUT2D eigenvalue weighted by molar-refractivity contribution is -0.134. The van der Waals surface area contributed by atoms with Gasteiger partial charge in [0, 0.05) is 5.92 Å². The molecule has 2 unspecified atom stereocenters. The van der Waals surface area contributed by atoms with Crippen molar-refractivity contribution in [2.45, 2.75) is 76.1 Å². The fourth-order valence-corrected chi connectivity index (χ4v) is 4.26. The molecule has 5 nitrogen and oxygen atoms in total. The minimum atomic E-state index is -3.86. The maximum atomic E-state index is 12.3. The minimum Gasteiger partial charge on any atom is -0.367 e. The van der Waals surface area contributed by atoms with Gasteiger partial charge in [-0.05, 0) is 49.7 Å². The highest BCUT2D eigenvalue weighted by atomic mass is 32.2. The van der Waals surface area contributed by atoms with Crippen LogP contribution in [0, 0.1) is 0 Å². The molecule has 0 heterocycles. The van der Waals surface area contributed by atoms with E-state index in [-0.39, 0.29) is 11.3 Å². The number of primary amides is 1. The Labute approximate surface area is 151 Å². The van der Waals surface area contributed by atoms with Crippen LogP contribution in [0.5, 0.6) is 0 Å². The van der Waals surface area contributed by atoms with E-state index in [0.29, 0.717) is 19.3 Å². The monoisotopic (exact) mass is 367 g/mol. The molecule has 0 saturated heterocycles. The first kappa shape index (κ1) is 19.9. The summed E-state index contributed by atoms with van der Waals surface area (Å²) in [4.78, 5) is 12.3. The topological polar surface area (TPSA) is 86.5 Å². The van der Waals surface area contributed by atoms with Gasteiger partial charge >= 0.3 is 0 Å². The van der Waals surface area contributed by atoms with E-state index in [1.807, 2.05) is 24.3 Å². The first-order chi connectivity index (χ1) is 11.4. The first-order valence-electron chi connectivity index (χ1n) is 8.75. The van der Waals surface area contributed by atoms with Crippen LogP contribution in [0.1, 0.15) is 70.9 Å². The Bertz CT molecular complexity index is 732. The number of hydrogen-bond donors (Lipinski definition) is 1. The fraction of sp³-hybridized carbons (Fsp3) is 0.632. The Kier molecular flexibility index (Phi) is 5.36. The van der Waals surface area contributed by atoms with Crippen LogP contribution in [0.2, 0.25) is 0 Å².